The summed E-state index contributed by atoms with van der Waals surface area (Å²) >= 11 is 0. The first-order valence-electron chi connectivity index (χ1n) is 4.92. The Morgan fingerprint density at radius 1 is 1.21 bits per heavy atom. The molecule has 1 heterocycles. The molecule has 3 N–H and O–H groups in total. The van der Waals surface area contributed by atoms with Crippen LogP contribution in [0.25, 0.3) is 10.9 Å². The van der Waals surface area contributed by atoms with Crippen molar-refractivity contribution in [2.75, 3.05) is 0 Å². The molecule has 14 heavy (non-hydrogen) atoms. The van der Waals surface area contributed by atoms with Crippen molar-refractivity contribution in [3.05, 3.63) is 34.5 Å². The summed E-state index contributed by atoms with van der Waals surface area (Å²) in [5, 5.41) is 1.31. The minimum absolute atomic E-state index is 0.582. The van der Waals surface area contributed by atoms with Gasteiger partial charge >= 0.3 is 0 Å². The van der Waals surface area contributed by atoms with Crippen molar-refractivity contribution in [2.24, 2.45) is 5.73 Å². The monoisotopic (exact) mass is 188 g/mol. The Morgan fingerprint density at radius 3 is 2.57 bits per heavy atom. The van der Waals surface area contributed by atoms with E-state index in [9.17, 15) is 0 Å². The van der Waals surface area contributed by atoms with Crippen LogP contribution in [0, 0.1) is 20.8 Å². The molecule has 0 atom stereocenters. The van der Waals surface area contributed by atoms with Crippen molar-refractivity contribution < 1.29 is 0 Å². The maximum Gasteiger partial charge on any atom is 0.0489 e. The molecule has 74 valence electrons. The molecule has 0 aliphatic rings. The Balaban J connectivity index is 2.85. The summed E-state index contributed by atoms with van der Waals surface area (Å²) in [5.74, 6) is 0. The lowest BCUT2D eigenvalue weighted by atomic mass is 10.1. The van der Waals surface area contributed by atoms with Crippen LogP contribution >= 0.6 is 0 Å². The first-order valence-corrected chi connectivity index (χ1v) is 4.92. The second-order valence-corrected chi connectivity index (χ2v) is 3.94. The predicted octanol–water partition coefficient (Wildman–Crippen LogP) is 2.55. The molecule has 0 bridgehead atoms. The van der Waals surface area contributed by atoms with Gasteiger partial charge in [0.15, 0.2) is 0 Å². The standard InChI is InChI=1S/C12H16N2/c1-7-4-8(2)12-10(5-7)9(3)11(6-13)14-12/h4-5,14H,6,13H2,1-3H3. The third kappa shape index (κ3) is 1.23. The Labute approximate surface area is 84.1 Å². The number of aryl methyl sites for hydroxylation is 3. The Morgan fingerprint density at radius 2 is 1.93 bits per heavy atom. The second-order valence-electron chi connectivity index (χ2n) is 3.94. The molecule has 0 radical (unpaired) electrons. The number of hydrogen-bond donors (Lipinski definition) is 2. The van der Waals surface area contributed by atoms with E-state index >= 15 is 0 Å². The Hall–Kier alpha value is -1.28. The highest BCUT2D eigenvalue weighted by molar-refractivity contribution is 5.87. The predicted molar refractivity (Wildman–Crippen MR) is 60.4 cm³/mol. The minimum Gasteiger partial charge on any atom is -0.357 e. The summed E-state index contributed by atoms with van der Waals surface area (Å²) in [6.45, 7) is 6.96. The highest BCUT2D eigenvalue weighted by atomic mass is 14.8. The lowest BCUT2D eigenvalue weighted by molar-refractivity contribution is 1.00. The molecule has 2 nitrogen and oxygen atoms in total. The fraction of sp³-hybridized carbons (Fsp3) is 0.333. The van der Waals surface area contributed by atoms with Gasteiger partial charge in [-0.1, -0.05) is 11.6 Å². The average Bonchev–Trinajstić information content (AvgIpc) is 2.44. The first-order chi connectivity index (χ1) is 6.63. The molecule has 1 aromatic carbocycles. The van der Waals surface area contributed by atoms with Gasteiger partial charge in [0.05, 0.1) is 0 Å². The highest BCUT2D eigenvalue weighted by Crippen LogP contribution is 2.25. The Kier molecular flexibility index (Phi) is 2.08. The third-order valence-corrected chi connectivity index (χ3v) is 2.82. The molecule has 0 spiro atoms. The zero-order chi connectivity index (χ0) is 10.3. The van der Waals surface area contributed by atoms with Crippen LogP contribution in [0.15, 0.2) is 12.1 Å². The molecule has 1 aromatic heterocycles. The van der Waals surface area contributed by atoms with Crippen LogP contribution in [-0.2, 0) is 6.54 Å². The van der Waals surface area contributed by atoms with Gasteiger partial charge in [0.2, 0.25) is 0 Å². The molecule has 2 rings (SSSR count). The molecule has 0 aliphatic heterocycles. The number of nitrogens with two attached hydrogens (primary N) is 1. The summed E-state index contributed by atoms with van der Waals surface area (Å²) in [6.07, 6.45) is 0. The van der Waals surface area contributed by atoms with Crippen LogP contribution in [0.2, 0.25) is 0 Å². The molecular formula is C12H16N2. The van der Waals surface area contributed by atoms with Gasteiger partial charge in [-0.25, -0.2) is 0 Å². The van der Waals surface area contributed by atoms with Gasteiger partial charge in [0.1, 0.15) is 0 Å². The molecule has 0 saturated heterocycles. The second kappa shape index (κ2) is 3.14. The number of nitrogens with one attached hydrogen (secondary N) is 1. The van der Waals surface area contributed by atoms with E-state index in [1.165, 1.54) is 27.6 Å². The van der Waals surface area contributed by atoms with Crippen LogP contribution in [0.4, 0.5) is 0 Å². The zero-order valence-electron chi connectivity index (χ0n) is 8.94. The molecule has 0 saturated carbocycles. The van der Waals surface area contributed by atoms with Crippen molar-refractivity contribution in [3.63, 3.8) is 0 Å². The average molecular weight is 188 g/mol. The third-order valence-electron chi connectivity index (χ3n) is 2.82. The van der Waals surface area contributed by atoms with E-state index in [-0.39, 0.29) is 0 Å². The molecular weight excluding hydrogens is 172 g/mol. The molecule has 0 amide bonds. The summed E-state index contributed by atoms with van der Waals surface area (Å²) in [6, 6.07) is 4.41. The van der Waals surface area contributed by atoms with Gasteiger partial charge in [0.25, 0.3) is 0 Å². The molecule has 0 fully saturated rings. The maximum absolute atomic E-state index is 5.67. The molecule has 0 unspecified atom stereocenters. The SMILES string of the molecule is Cc1cc(C)c2[nH]c(CN)c(C)c2c1. The minimum atomic E-state index is 0.582. The number of hydrogen-bond acceptors (Lipinski definition) is 1. The zero-order valence-corrected chi connectivity index (χ0v) is 8.94. The van der Waals surface area contributed by atoms with Gasteiger partial charge < -0.3 is 10.7 Å². The summed E-state index contributed by atoms with van der Waals surface area (Å²) in [7, 11) is 0. The quantitative estimate of drug-likeness (QED) is 0.709. The number of rotatable bonds is 1. The van der Waals surface area contributed by atoms with Gasteiger partial charge in [-0.2, -0.15) is 0 Å². The number of benzene rings is 1. The maximum atomic E-state index is 5.67. The van der Waals surface area contributed by atoms with Crippen LogP contribution in [0.3, 0.4) is 0 Å². The highest BCUT2D eigenvalue weighted by Gasteiger charge is 2.08. The van der Waals surface area contributed by atoms with Gasteiger partial charge in [0, 0.05) is 23.1 Å². The number of aromatic amines is 1. The van der Waals surface area contributed by atoms with Crippen LogP contribution in [-0.4, -0.2) is 4.98 Å². The number of aromatic nitrogens is 1. The largest absolute Gasteiger partial charge is 0.357 e. The van der Waals surface area contributed by atoms with Crippen LogP contribution < -0.4 is 5.73 Å². The van der Waals surface area contributed by atoms with E-state index in [4.69, 9.17) is 5.73 Å². The van der Waals surface area contributed by atoms with Gasteiger partial charge in [-0.05, 0) is 38.0 Å². The van der Waals surface area contributed by atoms with Crippen molar-refractivity contribution in [2.45, 2.75) is 27.3 Å². The van der Waals surface area contributed by atoms with Gasteiger partial charge in [-0.15, -0.1) is 0 Å². The van der Waals surface area contributed by atoms with E-state index in [1.807, 2.05) is 0 Å². The smallest absolute Gasteiger partial charge is 0.0489 e. The lowest BCUT2D eigenvalue weighted by Crippen LogP contribution is -1.97. The topological polar surface area (TPSA) is 41.8 Å². The molecule has 2 heteroatoms. The number of H-pyrrole nitrogens is 1. The molecule has 0 aliphatic carbocycles. The van der Waals surface area contributed by atoms with Gasteiger partial charge in [-0.3, -0.25) is 0 Å². The van der Waals surface area contributed by atoms with Crippen LogP contribution in [0.5, 0.6) is 0 Å². The number of fused-ring (bicyclic) bond motifs is 1. The van der Waals surface area contributed by atoms with E-state index < -0.39 is 0 Å². The van der Waals surface area contributed by atoms with E-state index in [0.717, 1.165) is 5.69 Å². The van der Waals surface area contributed by atoms with Crippen LogP contribution in [0.1, 0.15) is 22.4 Å². The van der Waals surface area contributed by atoms with Crippen molar-refractivity contribution in [1.29, 1.82) is 0 Å². The van der Waals surface area contributed by atoms with E-state index in [1.54, 1.807) is 0 Å². The summed E-state index contributed by atoms with van der Waals surface area (Å²) in [5.41, 5.74) is 11.9. The lowest BCUT2D eigenvalue weighted by Gasteiger charge is -1.99. The van der Waals surface area contributed by atoms with E-state index in [0.29, 0.717) is 6.54 Å². The Bertz CT molecular complexity index is 481. The summed E-state index contributed by atoms with van der Waals surface area (Å²) < 4.78 is 0. The van der Waals surface area contributed by atoms with Crippen molar-refractivity contribution in [3.8, 4) is 0 Å². The normalized spacial score (nSPS) is 11.1. The summed E-state index contributed by atoms with van der Waals surface area (Å²) in [4.78, 5) is 3.38. The van der Waals surface area contributed by atoms with E-state index in [2.05, 4.69) is 37.9 Å². The van der Waals surface area contributed by atoms with Crippen molar-refractivity contribution in [1.82, 2.24) is 4.98 Å². The molecule has 2 aromatic rings. The fourth-order valence-corrected chi connectivity index (χ4v) is 2.04. The fourth-order valence-electron chi connectivity index (χ4n) is 2.04. The first kappa shape index (κ1) is 9.28. The van der Waals surface area contributed by atoms with Crippen molar-refractivity contribution >= 4 is 10.9 Å².